The number of hydrogen-bond acceptors (Lipinski definition) is 4. The van der Waals surface area contributed by atoms with Crippen molar-refractivity contribution < 1.29 is 14.3 Å². The summed E-state index contributed by atoms with van der Waals surface area (Å²) in [6.45, 7) is 4.31. The molecule has 0 radical (unpaired) electrons. The van der Waals surface area contributed by atoms with E-state index in [4.69, 9.17) is 27.9 Å². The number of carbonyl (C=O) groups excluding carboxylic acids is 2. The molecule has 3 rings (SSSR count). The molecule has 0 bridgehead atoms. The van der Waals surface area contributed by atoms with Gasteiger partial charge in [-0.1, -0.05) is 59.6 Å². The minimum atomic E-state index is -0.287. The summed E-state index contributed by atoms with van der Waals surface area (Å²) in [5.41, 5.74) is 1.39. The van der Waals surface area contributed by atoms with Crippen LogP contribution in [-0.4, -0.2) is 47.9 Å². The van der Waals surface area contributed by atoms with Crippen molar-refractivity contribution in [2.24, 2.45) is 0 Å². The van der Waals surface area contributed by atoms with Gasteiger partial charge in [-0.05, 0) is 48.6 Å². The Labute approximate surface area is 214 Å². The Bertz CT molecular complexity index is 1040. The van der Waals surface area contributed by atoms with Gasteiger partial charge in [0.1, 0.15) is 6.54 Å². The van der Waals surface area contributed by atoms with Gasteiger partial charge in [0.2, 0.25) is 5.91 Å². The van der Waals surface area contributed by atoms with Crippen molar-refractivity contribution in [1.82, 2.24) is 9.80 Å². The molecule has 0 aliphatic heterocycles. The Hall–Kier alpha value is -2.38. The van der Waals surface area contributed by atoms with Gasteiger partial charge in [-0.25, -0.2) is 0 Å². The molecule has 180 valence electrons. The first-order valence-corrected chi connectivity index (χ1v) is 12.8. The molecular weight excluding hydrogens is 491 g/mol. The molecule has 3 aromatic rings. The molecule has 34 heavy (non-hydrogen) atoms. The Kier molecular flexibility index (Phi) is 10.4. The predicted octanol–water partition coefficient (Wildman–Crippen LogP) is 6.15. The summed E-state index contributed by atoms with van der Waals surface area (Å²) in [6, 6.07) is 18.5. The molecule has 0 saturated carbocycles. The van der Waals surface area contributed by atoms with Gasteiger partial charge in [0.25, 0.3) is 5.91 Å². The van der Waals surface area contributed by atoms with Crippen LogP contribution < -0.4 is 0 Å². The molecule has 2 amide bonds. The highest BCUT2D eigenvalue weighted by atomic mass is 35.5. The largest absolute Gasteiger partial charge is 0.382 e. The molecule has 1 aromatic heterocycles. The Morgan fingerprint density at radius 3 is 2.32 bits per heavy atom. The predicted molar refractivity (Wildman–Crippen MR) is 138 cm³/mol. The number of amides is 2. The summed E-state index contributed by atoms with van der Waals surface area (Å²) in [7, 11) is 0. The first-order chi connectivity index (χ1) is 16.5. The summed E-state index contributed by atoms with van der Waals surface area (Å²) in [6.07, 6.45) is 0.616. The second kappa shape index (κ2) is 13.5. The van der Waals surface area contributed by atoms with E-state index in [1.165, 1.54) is 0 Å². The molecule has 0 aliphatic carbocycles. The molecular formula is C26H28Cl2N2O3S. The van der Waals surface area contributed by atoms with E-state index in [2.05, 4.69) is 0 Å². The zero-order valence-electron chi connectivity index (χ0n) is 19.1. The standard InChI is InChI=1S/C26H28Cl2N2O3S/c1-2-33-12-7-11-29(26(32)21-14-22(27)16-23(28)15-21)19-25(31)30(18-24-10-6-13-34-24)17-20-8-4-3-5-9-20/h3-6,8-10,13-16H,2,7,11-12,17-19H2,1H3. The number of benzene rings is 2. The number of halogens is 2. The van der Waals surface area contributed by atoms with Gasteiger partial charge >= 0.3 is 0 Å². The third kappa shape index (κ3) is 8.13. The highest BCUT2D eigenvalue weighted by molar-refractivity contribution is 7.09. The molecule has 1 heterocycles. The van der Waals surface area contributed by atoms with Crippen LogP contribution in [0.15, 0.2) is 66.0 Å². The summed E-state index contributed by atoms with van der Waals surface area (Å²) in [5, 5.41) is 2.74. The van der Waals surface area contributed by atoms with Crippen LogP contribution in [0.3, 0.4) is 0 Å². The minimum Gasteiger partial charge on any atom is -0.382 e. The Morgan fingerprint density at radius 2 is 1.68 bits per heavy atom. The van der Waals surface area contributed by atoms with Gasteiger partial charge in [-0.2, -0.15) is 0 Å². The second-order valence-electron chi connectivity index (χ2n) is 7.75. The normalized spacial score (nSPS) is 10.8. The molecule has 0 N–H and O–H groups in total. The van der Waals surface area contributed by atoms with Crippen molar-refractivity contribution in [1.29, 1.82) is 0 Å². The lowest BCUT2D eigenvalue weighted by atomic mass is 10.1. The van der Waals surface area contributed by atoms with Gasteiger partial charge in [0.05, 0.1) is 6.54 Å². The first-order valence-electron chi connectivity index (χ1n) is 11.1. The van der Waals surface area contributed by atoms with Crippen LogP contribution in [0.4, 0.5) is 0 Å². The molecule has 0 aliphatic rings. The van der Waals surface area contributed by atoms with Gasteiger partial charge in [-0.15, -0.1) is 11.3 Å². The zero-order valence-corrected chi connectivity index (χ0v) is 21.4. The van der Waals surface area contributed by atoms with Gasteiger partial charge in [0, 0.05) is 46.8 Å². The minimum absolute atomic E-state index is 0.0483. The Morgan fingerprint density at radius 1 is 0.941 bits per heavy atom. The number of hydrogen-bond donors (Lipinski definition) is 0. The fourth-order valence-electron chi connectivity index (χ4n) is 3.50. The molecule has 0 spiro atoms. The van der Waals surface area contributed by atoms with Crippen LogP contribution in [0, 0.1) is 0 Å². The van der Waals surface area contributed by atoms with Crippen LogP contribution in [0.2, 0.25) is 10.0 Å². The van der Waals surface area contributed by atoms with Crippen LogP contribution in [0.25, 0.3) is 0 Å². The van der Waals surface area contributed by atoms with Crippen LogP contribution >= 0.6 is 34.5 Å². The number of nitrogens with zero attached hydrogens (tertiary/aromatic N) is 2. The summed E-state index contributed by atoms with van der Waals surface area (Å²) >= 11 is 13.8. The van der Waals surface area contributed by atoms with E-state index in [9.17, 15) is 9.59 Å². The molecule has 8 heteroatoms. The third-order valence-corrected chi connectivity index (χ3v) is 6.44. The van der Waals surface area contributed by atoms with Gasteiger partial charge in [0.15, 0.2) is 0 Å². The maximum atomic E-state index is 13.5. The van der Waals surface area contributed by atoms with E-state index in [-0.39, 0.29) is 18.4 Å². The molecule has 0 atom stereocenters. The van der Waals surface area contributed by atoms with Crippen molar-refractivity contribution in [3.05, 3.63) is 92.1 Å². The smallest absolute Gasteiger partial charge is 0.254 e. The fraction of sp³-hybridized carbons (Fsp3) is 0.308. The van der Waals surface area contributed by atoms with Crippen molar-refractivity contribution in [2.75, 3.05) is 26.3 Å². The monoisotopic (exact) mass is 518 g/mol. The third-order valence-electron chi connectivity index (χ3n) is 5.14. The summed E-state index contributed by atoms with van der Waals surface area (Å²) in [4.78, 5) is 31.3. The van der Waals surface area contributed by atoms with E-state index < -0.39 is 0 Å². The van der Waals surface area contributed by atoms with Crippen LogP contribution in [-0.2, 0) is 22.6 Å². The quantitative estimate of drug-likeness (QED) is 0.270. The van der Waals surface area contributed by atoms with E-state index in [0.717, 1.165) is 10.4 Å². The van der Waals surface area contributed by atoms with Crippen LogP contribution in [0.1, 0.15) is 34.1 Å². The first kappa shape index (κ1) is 26.2. The topological polar surface area (TPSA) is 49.9 Å². The van der Waals surface area contributed by atoms with E-state index in [0.29, 0.717) is 54.9 Å². The van der Waals surface area contributed by atoms with Crippen molar-refractivity contribution in [3.8, 4) is 0 Å². The second-order valence-corrected chi connectivity index (χ2v) is 9.66. The molecule has 0 saturated heterocycles. The van der Waals surface area contributed by atoms with Crippen molar-refractivity contribution >= 4 is 46.4 Å². The fourth-order valence-corrected chi connectivity index (χ4v) is 4.75. The van der Waals surface area contributed by atoms with E-state index in [1.807, 2.05) is 54.8 Å². The highest BCUT2D eigenvalue weighted by Gasteiger charge is 2.23. The zero-order chi connectivity index (χ0) is 24.3. The van der Waals surface area contributed by atoms with Crippen molar-refractivity contribution in [2.45, 2.75) is 26.4 Å². The number of carbonyl (C=O) groups is 2. The maximum absolute atomic E-state index is 13.5. The maximum Gasteiger partial charge on any atom is 0.254 e. The molecule has 2 aromatic carbocycles. The summed E-state index contributed by atoms with van der Waals surface area (Å²) < 4.78 is 5.43. The van der Waals surface area contributed by atoms with Gasteiger partial charge in [-0.3, -0.25) is 9.59 Å². The highest BCUT2D eigenvalue weighted by Crippen LogP contribution is 2.21. The lowest BCUT2D eigenvalue weighted by molar-refractivity contribution is -0.133. The van der Waals surface area contributed by atoms with Crippen molar-refractivity contribution in [3.63, 3.8) is 0 Å². The van der Waals surface area contributed by atoms with E-state index in [1.54, 1.807) is 39.3 Å². The Balaban J connectivity index is 1.80. The van der Waals surface area contributed by atoms with Crippen LogP contribution in [0.5, 0.6) is 0 Å². The molecule has 0 fully saturated rings. The lowest BCUT2D eigenvalue weighted by Gasteiger charge is -2.28. The van der Waals surface area contributed by atoms with E-state index >= 15 is 0 Å². The molecule has 0 unspecified atom stereocenters. The SMILES string of the molecule is CCOCCCN(CC(=O)N(Cc1ccccc1)Cc1cccs1)C(=O)c1cc(Cl)cc(Cl)c1. The lowest BCUT2D eigenvalue weighted by Crippen LogP contribution is -2.43. The average Bonchev–Trinajstić information content (AvgIpc) is 3.33. The molecule has 5 nitrogen and oxygen atoms in total. The summed E-state index contributed by atoms with van der Waals surface area (Å²) in [5.74, 6) is -0.417. The number of thiophene rings is 1. The number of rotatable bonds is 12. The average molecular weight is 519 g/mol. The number of ether oxygens (including phenoxy) is 1. The van der Waals surface area contributed by atoms with Gasteiger partial charge < -0.3 is 14.5 Å².